The summed E-state index contributed by atoms with van der Waals surface area (Å²) in [5, 5.41) is 0. The normalized spacial score (nSPS) is 14.4. The first-order valence-corrected chi connectivity index (χ1v) is 11.4. The van der Waals surface area contributed by atoms with Crippen molar-refractivity contribution in [3.8, 4) is 17.4 Å². The van der Waals surface area contributed by atoms with E-state index in [-0.39, 0.29) is 18.0 Å². The molecule has 0 spiro atoms. The summed E-state index contributed by atoms with van der Waals surface area (Å²) in [5.41, 5.74) is 0. The van der Waals surface area contributed by atoms with E-state index in [1.165, 1.54) is 32.8 Å². The number of hydrogen-bond acceptors (Lipinski definition) is 8. The van der Waals surface area contributed by atoms with E-state index in [0.717, 1.165) is 31.7 Å². The van der Waals surface area contributed by atoms with Gasteiger partial charge in [-0.3, -0.25) is 0 Å². The SMILES string of the molecule is COc1ccc(S(=O)(=O)NCCOc2cc(N3CCCCC3)nc(C)n2)cc1OC. The average molecular weight is 437 g/mol. The molecule has 2 heterocycles. The zero-order chi connectivity index (χ0) is 21.6. The third-order valence-corrected chi connectivity index (χ3v) is 6.25. The van der Waals surface area contributed by atoms with Crippen LogP contribution in [0.1, 0.15) is 25.1 Å². The molecule has 0 unspecified atom stereocenters. The van der Waals surface area contributed by atoms with E-state index in [1.807, 2.05) is 6.92 Å². The van der Waals surface area contributed by atoms with Crippen LogP contribution in [-0.2, 0) is 10.0 Å². The number of piperidine rings is 1. The van der Waals surface area contributed by atoms with Gasteiger partial charge in [0.05, 0.1) is 19.1 Å². The van der Waals surface area contributed by atoms with Crippen LogP contribution < -0.4 is 23.8 Å². The van der Waals surface area contributed by atoms with Crippen molar-refractivity contribution in [3.05, 3.63) is 30.1 Å². The summed E-state index contributed by atoms with van der Waals surface area (Å²) >= 11 is 0. The van der Waals surface area contributed by atoms with Crippen LogP contribution in [-0.4, -0.2) is 58.8 Å². The fraction of sp³-hybridized carbons (Fsp3) is 0.500. The van der Waals surface area contributed by atoms with Gasteiger partial charge >= 0.3 is 0 Å². The Hall–Kier alpha value is -2.59. The lowest BCUT2D eigenvalue weighted by Crippen LogP contribution is -2.30. The standard InChI is InChI=1S/C20H28N4O5S/c1-15-22-19(24-10-5-4-6-11-24)14-20(23-15)29-12-9-21-30(25,26)16-7-8-17(27-2)18(13-16)28-3/h7-8,13-14,21H,4-6,9-12H2,1-3H3. The van der Waals surface area contributed by atoms with E-state index < -0.39 is 10.0 Å². The zero-order valence-electron chi connectivity index (χ0n) is 17.6. The van der Waals surface area contributed by atoms with Gasteiger partial charge in [-0.25, -0.2) is 18.1 Å². The van der Waals surface area contributed by atoms with Crippen molar-refractivity contribution < 1.29 is 22.6 Å². The van der Waals surface area contributed by atoms with Gasteiger partial charge in [0.2, 0.25) is 15.9 Å². The van der Waals surface area contributed by atoms with E-state index in [0.29, 0.717) is 23.2 Å². The summed E-state index contributed by atoms with van der Waals surface area (Å²) in [6.45, 7) is 4.00. The van der Waals surface area contributed by atoms with Gasteiger partial charge in [0.1, 0.15) is 18.2 Å². The molecule has 1 aromatic heterocycles. The minimum atomic E-state index is -3.71. The second-order valence-corrected chi connectivity index (χ2v) is 8.69. The Morgan fingerprint density at radius 2 is 1.77 bits per heavy atom. The molecule has 0 atom stereocenters. The first-order valence-electron chi connectivity index (χ1n) is 9.88. The first-order chi connectivity index (χ1) is 14.4. The summed E-state index contributed by atoms with van der Waals surface area (Å²) in [5.74, 6) is 2.72. The van der Waals surface area contributed by atoms with Crippen LogP contribution in [0.3, 0.4) is 0 Å². The number of aryl methyl sites for hydroxylation is 1. The van der Waals surface area contributed by atoms with Crippen LogP contribution in [0.4, 0.5) is 5.82 Å². The van der Waals surface area contributed by atoms with Gasteiger partial charge < -0.3 is 19.1 Å². The third-order valence-electron chi connectivity index (χ3n) is 4.79. The smallest absolute Gasteiger partial charge is 0.240 e. The van der Waals surface area contributed by atoms with Crippen molar-refractivity contribution in [3.63, 3.8) is 0 Å². The van der Waals surface area contributed by atoms with Gasteiger partial charge in [-0.2, -0.15) is 4.98 Å². The molecule has 0 aliphatic carbocycles. The molecule has 0 saturated carbocycles. The van der Waals surface area contributed by atoms with E-state index in [1.54, 1.807) is 12.1 Å². The molecule has 1 N–H and O–H groups in total. The van der Waals surface area contributed by atoms with E-state index >= 15 is 0 Å². The molecule has 0 bridgehead atoms. The zero-order valence-corrected chi connectivity index (χ0v) is 18.4. The van der Waals surface area contributed by atoms with Crippen LogP contribution >= 0.6 is 0 Å². The summed E-state index contributed by atoms with van der Waals surface area (Å²) < 4.78 is 43.6. The largest absolute Gasteiger partial charge is 0.493 e. The molecule has 164 valence electrons. The number of ether oxygens (including phenoxy) is 3. The Morgan fingerprint density at radius 1 is 1.03 bits per heavy atom. The molecule has 1 aliphatic heterocycles. The maximum Gasteiger partial charge on any atom is 0.240 e. The van der Waals surface area contributed by atoms with Gasteiger partial charge in [-0.05, 0) is 38.3 Å². The van der Waals surface area contributed by atoms with E-state index in [2.05, 4.69) is 19.6 Å². The lowest BCUT2D eigenvalue weighted by atomic mass is 10.1. The van der Waals surface area contributed by atoms with Crippen LogP contribution in [0, 0.1) is 6.92 Å². The maximum atomic E-state index is 12.5. The molecule has 0 amide bonds. The monoisotopic (exact) mass is 436 g/mol. The molecule has 10 heteroatoms. The Balaban J connectivity index is 1.58. The summed E-state index contributed by atoms with van der Waals surface area (Å²) in [7, 11) is -0.763. The molecule has 1 aromatic carbocycles. The Labute approximate surface area is 177 Å². The molecule has 1 fully saturated rings. The van der Waals surface area contributed by atoms with Crippen LogP contribution in [0.15, 0.2) is 29.2 Å². The topological polar surface area (TPSA) is 103 Å². The number of hydrogen-bond donors (Lipinski definition) is 1. The number of benzene rings is 1. The highest BCUT2D eigenvalue weighted by molar-refractivity contribution is 7.89. The van der Waals surface area contributed by atoms with Gasteiger partial charge in [-0.1, -0.05) is 0 Å². The average Bonchev–Trinajstić information content (AvgIpc) is 2.76. The number of nitrogens with one attached hydrogen (secondary N) is 1. The first kappa shape index (κ1) is 22.1. The molecule has 1 saturated heterocycles. The van der Waals surface area contributed by atoms with E-state index in [4.69, 9.17) is 14.2 Å². The quantitative estimate of drug-likeness (QED) is 0.597. The molecule has 3 rings (SSSR count). The molecule has 30 heavy (non-hydrogen) atoms. The minimum absolute atomic E-state index is 0.0883. The molecule has 9 nitrogen and oxygen atoms in total. The molecule has 0 radical (unpaired) electrons. The lowest BCUT2D eigenvalue weighted by molar-refractivity contribution is 0.309. The van der Waals surface area contributed by atoms with E-state index in [9.17, 15) is 8.42 Å². The van der Waals surface area contributed by atoms with Crippen molar-refractivity contribution in [1.82, 2.24) is 14.7 Å². The lowest BCUT2D eigenvalue weighted by Gasteiger charge is -2.28. The van der Waals surface area contributed by atoms with Crippen molar-refractivity contribution in [2.45, 2.75) is 31.1 Å². The molecular weight excluding hydrogens is 408 g/mol. The number of aromatic nitrogens is 2. The van der Waals surface area contributed by atoms with Crippen molar-refractivity contribution in [1.29, 1.82) is 0 Å². The summed E-state index contributed by atoms with van der Waals surface area (Å²) in [6, 6.07) is 6.24. The molecule has 1 aliphatic rings. The number of sulfonamides is 1. The second kappa shape index (κ2) is 9.94. The van der Waals surface area contributed by atoms with Crippen LogP contribution in [0.2, 0.25) is 0 Å². The highest BCUT2D eigenvalue weighted by Gasteiger charge is 2.17. The highest BCUT2D eigenvalue weighted by atomic mass is 32.2. The van der Waals surface area contributed by atoms with Crippen LogP contribution in [0.25, 0.3) is 0 Å². The Bertz CT molecular complexity index is 962. The van der Waals surface area contributed by atoms with Crippen LogP contribution in [0.5, 0.6) is 17.4 Å². The highest BCUT2D eigenvalue weighted by Crippen LogP contribution is 2.29. The predicted molar refractivity (Wildman–Crippen MR) is 113 cm³/mol. The summed E-state index contributed by atoms with van der Waals surface area (Å²) in [6.07, 6.45) is 3.54. The maximum absolute atomic E-state index is 12.5. The Morgan fingerprint density at radius 3 is 2.47 bits per heavy atom. The molecular formula is C20H28N4O5S. The third kappa shape index (κ3) is 5.51. The summed E-state index contributed by atoms with van der Waals surface area (Å²) in [4.78, 5) is 11.1. The van der Waals surface area contributed by atoms with Gasteiger partial charge in [0.25, 0.3) is 0 Å². The van der Waals surface area contributed by atoms with Crippen molar-refractivity contribution in [2.24, 2.45) is 0 Å². The van der Waals surface area contributed by atoms with Gasteiger partial charge in [-0.15, -0.1) is 0 Å². The number of rotatable bonds is 9. The fourth-order valence-electron chi connectivity index (χ4n) is 3.28. The minimum Gasteiger partial charge on any atom is -0.493 e. The fourth-order valence-corrected chi connectivity index (χ4v) is 4.31. The Kier molecular flexibility index (Phi) is 7.33. The number of anilines is 1. The number of methoxy groups -OCH3 is 2. The van der Waals surface area contributed by atoms with Gasteiger partial charge in [0.15, 0.2) is 11.5 Å². The second-order valence-electron chi connectivity index (χ2n) is 6.92. The molecule has 2 aromatic rings. The number of nitrogens with zero attached hydrogens (tertiary/aromatic N) is 3. The van der Waals surface area contributed by atoms with Gasteiger partial charge in [0, 0.05) is 31.8 Å². The van der Waals surface area contributed by atoms with Crippen molar-refractivity contribution >= 4 is 15.8 Å². The predicted octanol–water partition coefficient (Wildman–Crippen LogP) is 2.15. The van der Waals surface area contributed by atoms with Crippen molar-refractivity contribution in [2.75, 3.05) is 45.4 Å².